The topological polar surface area (TPSA) is 0 Å². The van der Waals surface area contributed by atoms with Crippen LogP contribution in [0.3, 0.4) is 0 Å². The van der Waals surface area contributed by atoms with Gasteiger partial charge in [-0.3, -0.25) is 0 Å². The van der Waals surface area contributed by atoms with Gasteiger partial charge in [0.1, 0.15) is 0 Å². The molecule has 0 N–H and O–H groups in total. The zero-order valence-electron chi connectivity index (χ0n) is 18.6. The molecule has 8 atom stereocenters. The number of hydrogen-bond donors (Lipinski definition) is 0. The second kappa shape index (κ2) is 5.87. The lowest BCUT2D eigenvalue weighted by atomic mass is 9.39. The molecule has 0 radical (unpaired) electrons. The highest BCUT2D eigenvalue weighted by Gasteiger charge is 2.65. The average Bonchev–Trinajstić information content (AvgIpc) is 2.87. The summed E-state index contributed by atoms with van der Waals surface area (Å²) in [7, 11) is 0. The summed E-state index contributed by atoms with van der Waals surface area (Å²) in [5.74, 6) is 3.73. The summed E-state index contributed by atoms with van der Waals surface area (Å²) in [5.41, 5.74) is 3.78. The van der Waals surface area contributed by atoms with E-state index in [1.54, 1.807) is 0 Å². The van der Waals surface area contributed by atoms with Gasteiger partial charge in [-0.2, -0.15) is 0 Å². The van der Waals surface area contributed by atoms with Gasteiger partial charge in [-0.15, -0.1) is 0 Å². The van der Waals surface area contributed by atoms with Crippen molar-refractivity contribution in [2.45, 2.75) is 106 Å². The summed E-state index contributed by atoms with van der Waals surface area (Å²) < 4.78 is 0. The van der Waals surface area contributed by atoms with Crippen molar-refractivity contribution in [3.63, 3.8) is 0 Å². The minimum Gasteiger partial charge on any atom is -0.0998 e. The van der Waals surface area contributed by atoms with Gasteiger partial charge >= 0.3 is 0 Å². The van der Waals surface area contributed by atoms with E-state index in [-0.39, 0.29) is 0 Å². The van der Waals surface area contributed by atoms with Crippen LogP contribution in [0.4, 0.5) is 0 Å². The van der Waals surface area contributed by atoms with Crippen LogP contribution in [0, 0.1) is 45.3 Å². The minimum absolute atomic E-state index is 0.510. The maximum Gasteiger partial charge on any atom is -0.0149 e. The van der Waals surface area contributed by atoms with Crippen LogP contribution in [0.5, 0.6) is 0 Å². The van der Waals surface area contributed by atoms with Gasteiger partial charge in [0, 0.05) is 0 Å². The van der Waals surface area contributed by atoms with Gasteiger partial charge in [0.15, 0.2) is 0 Å². The predicted molar refractivity (Wildman–Crippen MR) is 113 cm³/mol. The SMILES string of the molecule is C=C(C)C1CCC2(C)C3CCC4C[C@@](C)(CC)CCC4(C)C3CCC12C. The Morgan fingerprint density at radius 3 is 2.19 bits per heavy atom. The molecular weight excluding hydrogens is 312 g/mol. The second-order valence-corrected chi connectivity index (χ2v) is 12.2. The predicted octanol–water partition coefficient (Wildman–Crippen LogP) is 8.03. The quantitative estimate of drug-likeness (QED) is 0.439. The summed E-state index contributed by atoms with van der Waals surface area (Å²) in [4.78, 5) is 0. The number of fused-ring (bicyclic) bond motifs is 5. The molecule has 148 valence electrons. The minimum atomic E-state index is 0.510. The smallest absolute Gasteiger partial charge is 0.0149 e. The third-order valence-electron chi connectivity index (χ3n) is 11.4. The fourth-order valence-corrected chi connectivity index (χ4v) is 9.04. The summed E-state index contributed by atoms with van der Waals surface area (Å²) >= 11 is 0. The highest BCUT2D eigenvalue weighted by Crippen LogP contribution is 2.74. The zero-order valence-corrected chi connectivity index (χ0v) is 18.6. The summed E-state index contributed by atoms with van der Waals surface area (Å²) in [6.07, 6.45) is 14.7. The standard InChI is InChI=1S/C26H44/c1-8-23(4)15-16-24(5)19(17-23)9-10-22-21(24)12-14-25(6)20(18(2)3)11-13-26(22,25)7/h19-22H,2,8-17H2,1,3-7H3/t19?,20?,21?,22?,23-,24?,25?,26?/m0/s1. The molecule has 4 rings (SSSR count). The van der Waals surface area contributed by atoms with Crippen molar-refractivity contribution in [2.75, 3.05) is 0 Å². The van der Waals surface area contributed by atoms with Crippen molar-refractivity contribution < 1.29 is 0 Å². The van der Waals surface area contributed by atoms with Gasteiger partial charge in [-0.05, 0) is 110 Å². The van der Waals surface area contributed by atoms with Gasteiger partial charge in [-0.25, -0.2) is 0 Å². The van der Waals surface area contributed by atoms with Crippen LogP contribution in [0.2, 0.25) is 0 Å². The van der Waals surface area contributed by atoms with E-state index in [1.807, 2.05) is 0 Å². The van der Waals surface area contributed by atoms with Gasteiger partial charge in [0.2, 0.25) is 0 Å². The van der Waals surface area contributed by atoms with Crippen LogP contribution in [0.1, 0.15) is 106 Å². The van der Waals surface area contributed by atoms with E-state index in [1.165, 1.54) is 69.8 Å². The molecule has 4 saturated carbocycles. The molecule has 0 spiro atoms. The van der Waals surface area contributed by atoms with Crippen molar-refractivity contribution in [1.29, 1.82) is 0 Å². The second-order valence-electron chi connectivity index (χ2n) is 12.2. The van der Waals surface area contributed by atoms with E-state index in [0.29, 0.717) is 21.7 Å². The molecule has 7 unspecified atom stereocenters. The molecule has 0 heteroatoms. The fourth-order valence-electron chi connectivity index (χ4n) is 9.04. The first-order valence-electron chi connectivity index (χ1n) is 11.7. The third-order valence-corrected chi connectivity index (χ3v) is 11.4. The van der Waals surface area contributed by atoms with Crippen molar-refractivity contribution >= 4 is 0 Å². The van der Waals surface area contributed by atoms with Crippen LogP contribution in [0.15, 0.2) is 12.2 Å². The lowest BCUT2D eigenvalue weighted by Gasteiger charge is -2.65. The first kappa shape index (κ1) is 19.1. The van der Waals surface area contributed by atoms with Crippen molar-refractivity contribution in [3.05, 3.63) is 12.2 Å². The highest BCUT2D eigenvalue weighted by atomic mass is 14.7. The Balaban J connectivity index is 1.65. The lowest BCUT2D eigenvalue weighted by molar-refractivity contribution is -0.162. The monoisotopic (exact) mass is 356 g/mol. The Hall–Kier alpha value is -0.260. The normalized spacial score (nSPS) is 56.4. The number of hydrogen-bond acceptors (Lipinski definition) is 0. The highest BCUT2D eigenvalue weighted by molar-refractivity contribution is 5.19. The van der Waals surface area contributed by atoms with E-state index < -0.39 is 0 Å². The molecule has 0 aromatic rings. The molecular formula is C26H44. The molecule has 0 aromatic carbocycles. The van der Waals surface area contributed by atoms with Crippen LogP contribution >= 0.6 is 0 Å². The first-order chi connectivity index (χ1) is 12.1. The van der Waals surface area contributed by atoms with Gasteiger partial charge in [0.05, 0.1) is 0 Å². The van der Waals surface area contributed by atoms with E-state index in [2.05, 4.69) is 48.1 Å². The Labute approximate surface area is 163 Å². The van der Waals surface area contributed by atoms with Crippen LogP contribution in [-0.2, 0) is 0 Å². The van der Waals surface area contributed by atoms with Gasteiger partial charge < -0.3 is 0 Å². The Bertz CT molecular complexity index is 589. The molecule has 0 heterocycles. The average molecular weight is 357 g/mol. The van der Waals surface area contributed by atoms with Gasteiger partial charge in [0.25, 0.3) is 0 Å². The molecule has 0 aromatic heterocycles. The molecule has 0 bridgehead atoms. The van der Waals surface area contributed by atoms with E-state index in [4.69, 9.17) is 0 Å². The summed E-state index contributed by atoms with van der Waals surface area (Å²) in [5, 5.41) is 0. The summed E-state index contributed by atoms with van der Waals surface area (Å²) in [6.45, 7) is 19.8. The van der Waals surface area contributed by atoms with Crippen LogP contribution < -0.4 is 0 Å². The lowest BCUT2D eigenvalue weighted by Crippen LogP contribution is -2.58. The molecule has 4 aliphatic rings. The Kier molecular flexibility index (Phi) is 4.31. The van der Waals surface area contributed by atoms with Crippen LogP contribution in [0.25, 0.3) is 0 Å². The Morgan fingerprint density at radius 1 is 0.846 bits per heavy atom. The van der Waals surface area contributed by atoms with Gasteiger partial charge in [-0.1, -0.05) is 53.2 Å². The van der Waals surface area contributed by atoms with Crippen LogP contribution in [-0.4, -0.2) is 0 Å². The molecule has 0 aliphatic heterocycles. The third kappa shape index (κ3) is 2.32. The number of allylic oxidation sites excluding steroid dienone is 1. The Morgan fingerprint density at radius 2 is 1.54 bits per heavy atom. The maximum absolute atomic E-state index is 4.41. The molecule has 0 nitrogen and oxygen atoms in total. The van der Waals surface area contributed by atoms with E-state index in [9.17, 15) is 0 Å². The van der Waals surface area contributed by atoms with Crippen molar-refractivity contribution in [1.82, 2.24) is 0 Å². The molecule has 4 aliphatic carbocycles. The maximum atomic E-state index is 4.41. The van der Waals surface area contributed by atoms with E-state index >= 15 is 0 Å². The zero-order chi connectivity index (χ0) is 19.0. The summed E-state index contributed by atoms with van der Waals surface area (Å²) in [6, 6.07) is 0. The molecule has 0 amide bonds. The van der Waals surface area contributed by atoms with Crippen molar-refractivity contribution in [2.24, 2.45) is 45.3 Å². The molecule has 0 saturated heterocycles. The van der Waals surface area contributed by atoms with Crippen molar-refractivity contribution in [3.8, 4) is 0 Å². The first-order valence-corrected chi connectivity index (χ1v) is 11.7. The fraction of sp³-hybridized carbons (Fsp3) is 0.923. The molecule has 4 fully saturated rings. The molecule has 26 heavy (non-hydrogen) atoms. The largest absolute Gasteiger partial charge is 0.0998 e. The number of rotatable bonds is 2. The van der Waals surface area contributed by atoms with E-state index in [0.717, 1.165) is 23.7 Å².